The van der Waals surface area contributed by atoms with E-state index in [-0.39, 0.29) is 0 Å². The van der Waals surface area contributed by atoms with Gasteiger partial charge in [-0.25, -0.2) is 0 Å². The van der Waals surface area contributed by atoms with E-state index in [9.17, 15) is 0 Å². The van der Waals surface area contributed by atoms with Gasteiger partial charge in [-0.15, -0.1) is 0 Å². The molecule has 0 aromatic heterocycles. The largest absolute Gasteiger partial charge is 0.496 e. The highest BCUT2D eigenvalue weighted by Crippen LogP contribution is 2.27. The molecule has 0 bridgehead atoms. The maximum absolute atomic E-state index is 5.51. The van der Waals surface area contributed by atoms with Crippen molar-refractivity contribution in [3.05, 3.63) is 53.1 Å². The van der Waals surface area contributed by atoms with Gasteiger partial charge in [-0.1, -0.05) is 12.1 Å². The van der Waals surface area contributed by atoms with Gasteiger partial charge < -0.3 is 19.3 Å². The fraction of sp³-hybridized carbons (Fsp3) is 0.429. The Morgan fingerprint density at radius 2 is 1.60 bits per heavy atom. The molecule has 1 aliphatic rings. The summed E-state index contributed by atoms with van der Waals surface area (Å²) < 4.78 is 10.9. The first-order valence-electron chi connectivity index (χ1n) is 8.98. The van der Waals surface area contributed by atoms with Crippen molar-refractivity contribution in [2.75, 3.05) is 45.3 Å². The maximum atomic E-state index is 5.51. The second-order valence-corrected chi connectivity index (χ2v) is 6.83. The number of quaternary nitrogens is 1. The molecule has 1 heterocycles. The Morgan fingerprint density at radius 1 is 0.920 bits per heavy atom. The van der Waals surface area contributed by atoms with E-state index in [2.05, 4.69) is 43.0 Å². The first-order valence-corrected chi connectivity index (χ1v) is 8.98. The monoisotopic (exact) mass is 341 g/mol. The molecule has 0 spiro atoms. The number of hydrogen-bond donors (Lipinski definition) is 1. The molecule has 25 heavy (non-hydrogen) atoms. The average Bonchev–Trinajstić information content (AvgIpc) is 2.65. The predicted octanol–water partition coefficient (Wildman–Crippen LogP) is 2.23. The van der Waals surface area contributed by atoms with Crippen LogP contribution in [0.1, 0.15) is 16.7 Å². The lowest BCUT2D eigenvalue weighted by molar-refractivity contribution is -0.914. The lowest BCUT2D eigenvalue weighted by atomic mass is 10.0. The van der Waals surface area contributed by atoms with Crippen molar-refractivity contribution in [1.29, 1.82) is 0 Å². The van der Waals surface area contributed by atoms with Crippen LogP contribution in [0.4, 0.5) is 5.69 Å². The molecule has 0 saturated carbocycles. The third kappa shape index (κ3) is 3.90. The summed E-state index contributed by atoms with van der Waals surface area (Å²) in [7, 11) is 3.49. The van der Waals surface area contributed by atoms with Gasteiger partial charge in [0.05, 0.1) is 46.1 Å². The van der Waals surface area contributed by atoms with Gasteiger partial charge in [-0.2, -0.15) is 0 Å². The highest BCUT2D eigenvalue weighted by atomic mass is 16.5. The molecule has 2 aromatic rings. The molecule has 0 atom stereocenters. The molecule has 4 heteroatoms. The summed E-state index contributed by atoms with van der Waals surface area (Å²) in [6, 6.07) is 12.8. The molecule has 2 aromatic carbocycles. The van der Waals surface area contributed by atoms with Gasteiger partial charge >= 0.3 is 0 Å². The average molecular weight is 341 g/mol. The third-order valence-corrected chi connectivity index (χ3v) is 5.19. The van der Waals surface area contributed by atoms with Crippen LogP contribution in [0.25, 0.3) is 0 Å². The second kappa shape index (κ2) is 7.79. The Hall–Kier alpha value is -2.20. The number of piperazine rings is 1. The van der Waals surface area contributed by atoms with Crippen molar-refractivity contribution in [1.82, 2.24) is 0 Å². The minimum absolute atomic E-state index is 0.965. The van der Waals surface area contributed by atoms with E-state index in [1.165, 1.54) is 22.4 Å². The summed E-state index contributed by atoms with van der Waals surface area (Å²) in [5, 5.41) is 0. The Morgan fingerprint density at radius 3 is 2.28 bits per heavy atom. The van der Waals surface area contributed by atoms with Crippen molar-refractivity contribution in [3.8, 4) is 11.5 Å². The lowest BCUT2D eigenvalue weighted by Crippen LogP contribution is -3.13. The molecule has 1 aliphatic heterocycles. The SMILES string of the molecule is COc1cc(C)c(C[NH+]2CCN(c3ccccc3OC)CC2)cc1C. The zero-order valence-corrected chi connectivity index (χ0v) is 15.8. The lowest BCUT2D eigenvalue weighted by Gasteiger charge is -2.34. The fourth-order valence-corrected chi connectivity index (χ4v) is 3.66. The van der Waals surface area contributed by atoms with Gasteiger partial charge in [-0.05, 0) is 49.2 Å². The number of nitrogens with one attached hydrogen (secondary N) is 1. The Labute approximate surface area is 151 Å². The quantitative estimate of drug-likeness (QED) is 0.903. The van der Waals surface area contributed by atoms with Crippen LogP contribution in [-0.2, 0) is 6.54 Å². The summed E-state index contributed by atoms with van der Waals surface area (Å²) >= 11 is 0. The molecule has 134 valence electrons. The van der Waals surface area contributed by atoms with E-state index < -0.39 is 0 Å². The second-order valence-electron chi connectivity index (χ2n) is 6.83. The number of rotatable bonds is 5. The molecule has 0 radical (unpaired) electrons. The normalized spacial score (nSPS) is 15.3. The van der Waals surface area contributed by atoms with Crippen LogP contribution in [-0.4, -0.2) is 40.4 Å². The number of anilines is 1. The van der Waals surface area contributed by atoms with Crippen LogP contribution in [0.3, 0.4) is 0 Å². The number of methoxy groups -OCH3 is 2. The first-order chi connectivity index (χ1) is 12.1. The number of hydrogen-bond acceptors (Lipinski definition) is 3. The van der Waals surface area contributed by atoms with Gasteiger partial charge in [-0.3, -0.25) is 0 Å². The predicted molar refractivity (Wildman–Crippen MR) is 102 cm³/mol. The molecule has 1 N–H and O–H groups in total. The van der Waals surface area contributed by atoms with Crippen molar-refractivity contribution in [2.24, 2.45) is 0 Å². The van der Waals surface area contributed by atoms with Crippen LogP contribution in [0.2, 0.25) is 0 Å². The van der Waals surface area contributed by atoms with Crippen LogP contribution in [0, 0.1) is 13.8 Å². The van der Waals surface area contributed by atoms with Crippen LogP contribution < -0.4 is 19.3 Å². The Balaban J connectivity index is 1.64. The highest BCUT2D eigenvalue weighted by molar-refractivity contribution is 5.58. The van der Waals surface area contributed by atoms with Gasteiger partial charge in [0.15, 0.2) is 0 Å². The summed E-state index contributed by atoms with van der Waals surface area (Å²) in [6.45, 7) is 9.79. The Bertz CT molecular complexity index is 722. The smallest absolute Gasteiger partial charge is 0.142 e. The van der Waals surface area contributed by atoms with Crippen LogP contribution in [0.5, 0.6) is 11.5 Å². The summed E-state index contributed by atoms with van der Waals surface area (Å²) in [4.78, 5) is 4.08. The zero-order valence-electron chi connectivity index (χ0n) is 15.8. The Kier molecular flexibility index (Phi) is 5.49. The van der Waals surface area contributed by atoms with Crippen molar-refractivity contribution in [3.63, 3.8) is 0 Å². The highest BCUT2D eigenvalue weighted by Gasteiger charge is 2.23. The zero-order chi connectivity index (χ0) is 17.8. The van der Waals surface area contributed by atoms with Gasteiger partial charge in [0, 0.05) is 5.56 Å². The third-order valence-electron chi connectivity index (χ3n) is 5.19. The summed E-state index contributed by atoms with van der Waals surface area (Å²) in [5.74, 6) is 1.95. The molecule has 1 saturated heterocycles. The van der Waals surface area contributed by atoms with E-state index in [1.807, 2.05) is 12.1 Å². The fourth-order valence-electron chi connectivity index (χ4n) is 3.66. The van der Waals surface area contributed by atoms with Crippen molar-refractivity contribution >= 4 is 5.69 Å². The minimum Gasteiger partial charge on any atom is -0.496 e. The van der Waals surface area contributed by atoms with E-state index in [0.29, 0.717) is 0 Å². The van der Waals surface area contributed by atoms with E-state index >= 15 is 0 Å². The minimum atomic E-state index is 0.965. The number of aryl methyl sites for hydroxylation is 2. The molecule has 1 fully saturated rings. The van der Waals surface area contributed by atoms with Gasteiger partial charge in [0.2, 0.25) is 0 Å². The molecule has 4 nitrogen and oxygen atoms in total. The molecule has 0 aliphatic carbocycles. The van der Waals surface area contributed by atoms with Crippen molar-refractivity contribution < 1.29 is 14.4 Å². The number of benzene rings is 2. The van der Waals surface area contributed by atoms with E-state index in [1.54, 1.807) is 19.1 Å². The van der Waals surface area contributed by atoms with Crippen LogP contribution >= 0.6 is 0 Å². The summed E-state index contributed by atoms with van der Waals surface area (Å²) in [5.41, 5.74) is 5.18. The number of nitrogens with zero attached hydrogens (tertiary/aromatic N) is 1. The van der Waals surface area contributed by atoms with Gasteiger partial charge in [0.25, 0.3) is 0 Å². The van der Waals surface area contributed by atoms with E-state index in [4.69, 9.17) is 9.47 Å². The van der Waals surface area contributed by atoms with E-state index in [0.717, 1.165) is 44.2 Å². The molecule has 3 rings (SSSR count). The number of ether oxygens (including phenoxy) is 2. The summed E-state index contributed by atoms with van der Waals surface area (Å²) in [6.07, 6.45) is 0. The van der Waals surface area contributed by atoms with Crippen LogP contribution in [0.15, 0.2) is 36.4 Å². The maximum Gasteiger partial charge on any atom is 0.142 e. The first kappa shape index (κ1) is 17.6. The molecule has 0 unspecified atom stereocenters. The molecular weight excluding hydrogens is 312 g/mol. The van der Waals surface area contributed by atoms with Gasteiger partial charge in [0.1, 0.15) is 18.0 Å². The molecular formula is C21H29N2O2+. The molecule has 0 amide bonds. The number of para-hydroxylation sites is 2. The van der Waals surface area contributed by atoms with Crippen molar-refractivity contribution in [2.45, 2.75) is 20.4 Å². The standard InChI is InChI=1S/C21H28N2O2/c1-16-14-21(25-4)17(2)13-18(16)15-22-9-11-23(12-10-22)19-7-5-6-8-20(19)24-3/h5-8,13-14H,9-12,15H2,1-4H3/p+1. The topological polar surface area (TPSA) is 26.1 Å².